The quantitative estimate of drug-likeness (QED) is 0.700. The van der Waals surface area contributed by atoms with E-state index in [2.05, 4.69) is 16.0 Å². The molecule has 0 saturated carbocycles. The van der Waals surface area contributed by atoms with Gasteiger partial charge in [0, 0.05) is 12.6 Å². The number of hydrogen-bond acceptors (Lipinski definition) is 4. The summed E-state index contributed by atoms with van der Waals surface area (Å²) in [5, 5.41) is 7.97. The van der Waals surface area contributed by atoms with Crippen LogP contribution in [0.2, 0.25) is 0 Å². The molecule has 2 fully saturated rings. The molecular weight excluding hydrogens is 266 g/mol. The highest BCUT2D eigenvalue weighted by Crippen LogP contribution is 2.17. The van der Waals surface area contributed by atoms with E-state index >= 15 is 0 Å². The molecule has 2 aliphatic rings. The summed E-state index contributed by atoms with van der Waals surface area (Å²) in [6, 6.07) is -0.0645. The SMILES string of the molecule is O=C(NCC1CCCCN1)NC1CCCCS1(=O)=O. The summed E-state index contributed by atoms with van der Waals surface area (Å²) in [4.78, 5) is 11.7. The Morgan fingerprint density at radius 3 is 2.63 bits per heavy atom. The van der Waals surface area contributed by atoms with Crippen molar-refractivity contribution >= 4 is 15.9 Å². The molecule has 0 aliphatic carbocycles. The lowest BCUT2D eigenvalue weighted by Crippen LogP contribution is -2.51. The number of urea groups is 1. The molecule has 2 amide bonds. The minimum absolute atomic E-state index is 0.183. The van der Waals surface area contributed by atoms with Crippen molar-refractivity contribution in [1.29, 1.82) is 0 Å². The second kappa shape index (κ2) is 6.56. The van der Waals surface area contributed by atoms with Crippen LogP contribution in [0.3, 0.4) is 0 Å². The number of amides is 2. The van der Waals surface area contributed by atoms with E-state index in [4.69, 9.17) is 0 Å². The van der Waals surface area contributed by atoms with Crippen molar-refractivity contribution in [3.05, 3.63) is 0 Å². The predicted molar refractivity (Wildman–Crippen MR) is 73.6 cm³/mol. The summed E-state index contributed by atoms with van der Waals surface area (Å²) in [6.45, 7) is 1.55. The van der Waals surface area contributed by atoms with Gasteiger partial charge in [0.2, 0.25) is 0 Å². The van der Waals surface area contributed by atoms with Gasteiger partial charge < -0.3 is 16.0 Å². The van der Waals surface area contributed by atoms with Gasteiger partial charge >= 0.3 is 6.03 Å². The van der Waals surface area contributed by atoms with E-state index in [1.807, 2.05) is 0 Å². The highest BCUT2D eigenvalue weighted by Gasteiger charge is 2.30. The minimum Gasteiger partial charge on any atom is -0.337 e. The molecule has 3 N–H and O–H groups in total. The summed E-state index contributed by atoms with van der Waals surface area (Å²) in [5.74, 6) is 0.183. The summed E-state index contributed by atoms with van der Waals surface area (Å²) in [5.41, 5.74) is 0. The minimum atomic E-state index is -3.15. The van der Waals surface area contributed by atoms with E-state index in [1.165, 1.54) is 12.8 Å². The van der Waals surface area contributed by atoms with E-state index in [0.717, 1.165) is 19.4 Å². The number of carbonyl (C=O) groups is 1. The van der Waals surface area contributed by atoms with Crippen LogP contribution in [0.25, 0.3) is 0 Å². The van der Waals surface area contributed by atoms with E-state index in [0.29, 0.717) is 25.4 Å². The molecule has 0 spiro atoms. The van der Waals surface area contributed by atoms with Gasteiger partial charge in [-0.05, 0) is 38.6 Å². The molecule has 7 heteroatoms. The zero-order valence-electron chi connectivity index (χ0n) is 11.2. The number of piperidine rings is 1. The van der Waals surface area contributed by atoms with Crippen LogP contribution in [0.5, 0.6) is 0 Å². The average molecular weight is 289 g/mol. The zero-order chi connectivity index (χ0) is 13.7. The van der Waals surface area contributed by atoms with Crippen molar-refractivity contribution < 1.29 is 13.2 Å². The lowest BCUT2D eigenvalue weighted by atomic mass is 10.1. The molecule has 2 heterocycles. The van der Waals surface area contributed by atoms with Crippen molar-refractivity contribution in [2.45, 2.75) is 49.9 Å². The number of rotatable bonds is 3. The van der Waals surface area contributed by atoms with Crippen molar-refractivity contribution in [3.63, 3.8) is 0 Å². The van der Waals surface area contributed by atoms with Gasteiger partial charge in [-0.2, -0.15) is 0 Å². The predicted octanol–water partition coefficient (Wildman–Crippen LogP) is 0.353. The van der Waals surface area contributed by atoms with Crippen molar-refractivity contribution in [2.24, 2.45) is 0 Å². The normalized spacial score (nSPS) is 30.5. The van der Waals surface area contributed by atoms with Crippen molar-refractivity contribution in [2.75, 3.05) is 18.8 Å². The molecular formula is C12H23N3O3S. The molecule has 0 aromatic heterocycles. The van der Waals surface area contributed by atoms with E-state index in [9.17, 15) is 13.2 Å². The molecule has 0 bridgehead atoms. The first kappa shape index (κ1) is 14.6. The molecule has 2 unspecified atom stereocenters. The van der Waals surface area contributed by atoms with Crippen LogP contribution in [0, 0.1) is 0 Å². The Morgan fingerprint density at radius 2 is 1.95 bits per heavy atom. The average Bonchev–Trinajstić information content (AvgIpc) is 2.40. The Kier molecular flexibility index (Phi) is 5.04. The Balaban J connectivity index is 1.74. The van der Waals surface area contributed by atoms with Crippen LogP contribution in [0.4, 0.5) is 4.79 Å². The van der Waals surface area contributed by atoms with Crippen LogP contribution in [-0.2, 0) is 9.84 Å². The number of sulfone groups is 1. The highest BCUT2D eigenvalue weighted by atomic mass is 32.2. The van der Waals surface area contributed by atoms with Gasteiger partial charge in [0.1, 0.15) is 5.37 Å². The molecule has 0 radical (unpaired) electrons. The first-order valence-electron chi connectivity index (χ1n) is 7.07. The molecule has 2 atom stereocenters. The fourth-order valence-corrected chi connectivity index (χ4v) is 4.33. The van der Waals surface area contributed by atoms with Crippen LogP contribution in [-0.4, -0.2) is 44.7 Å². The Labute approximate surface area is 114 Å². The number of hydrogen-bond donors (Lipinski definition) is 3. The lowest BCUT2D eigenvalue weighted by Gasteiger charge is -2.26. The second-order valence-corrected chi connectivity index (χ2v) is 7.66. The van der Waals surface area contributed by atoms with Gasteiger partial charge in [-0.1, -0.05) is 6.42 Å². The Morgan fingerprint density at radius 1 is 1.16 bits per heavy atom. The standard InChI is InChI=1S/C12H23N3O3S/c16-12(14-9-10-5-1-3-7-13-10)15-11-6-2-4-8-19(11,17)18/h10-11,13H,1-9H2,(H2,14,15,16). The maximum atomic E-state index is 11.8. The first-order valence-corrected chi connectivity index (χ1v) is 8.79. The van der Waals surface area contributed by atoms with Gasteiger partial charge in [-0.3, -0.25) is 0 Å². The third-order valence-electron chi connectivity index (χ3n) is 3.79. The summed E-state index contributed by atoms with van der Waals surface area (Å²) in [7, 11) is -3.15. The van der Waals surface area contributed by atoms with E-state index in [1.54, 1.807) is 0 Å². The maximum Gasteiger partial charge on any atom is 0.315 e. The van der Waals surface area contributed by atoms with Crippen molar-refractivity contribution in [1.82, 2.24) is 16.0 Å². The molecule has 6 nitrogen and oxygen atoms in total. The molecule has 110 valence electrons. The molecule has 2 rings (SSSR count). The van der Waals surface area contributed by atoms with Crippen molar-refractivity contribution in [3.8, 4) is 0 Å². The van der Waals surface area contributed by atoms with Gasteiger partial charge in [-0.25, -0.2) is 13.2 Å². The van der Waals surface area contributed by atoms with Crippen LogP contribution >= 0.6 is 0 Å². The fraction of sp³-hybridized carbons (Fsp3) is 0.917. The van der Waals surface area contributed by atoms with Gasteiger partial charge in [0.15, 0.2) is 9.84 Å². The monoisotopic (exact) mass is 289 g/mol. The molecule has 2 saturated heterocycles. The zero-order valence-corrected chi connectivity index (χ0v) is 12.0. The van der Waals surface area contributed by atoms with E-state index < -0.39 is 15.2 Å². The van der Waals surface area contributed by atoms with Gasteiger partial charge in [-0.15, -0.1) is 0 Å². The lowest BCUT2D eigenvalue weighted by molar-refractivity contribution is 0.236. The molecule has 0 aromatic carbocycles. The first-order chi connectivity index (χ1) is 9.08. The molecule has 19 heavy (non-hydrogen) atoms. The summed E-state index contributed by atoms with van der Waals surface area (Å²) < 4.78 is 23.5. The summed E-state index contributed by atoms with van der Waals surface area (Å²) in [6.07, 6.45) is 5.50. The van der Waals surface area contributed by atoms with Crippen LogP contribution in [0.1, 0.15) is 38.5 Å². The smallest absolute Gasteiger partial charge is 0.315 e. The maximum absolute atomic E-state index is 11.8. The third kappa shape index (κ3) is 4.35. The number of carbonyl (C=O) groups excluding carboxylic acids is 1. The van der Waals surface area contributed by atoms with Gasteiger partial charge in [0.25, 0.3) is 0 Å². The van der Waals surface area contributed by atoms with E-state index in [-0.39, 0.29) is 11.8 Å². The highest BCUT2D eigenvalue weighted by molar-refractivity contribution is 7.92. The topological polar surface area (TPSA) is 87.3 Å². The summed E-state index contributed by atoms with van der Waals surface area (Å²) >= 11 is 0. The molecule has 0 aromatic rings. The van der Waals surface area contributed by atoms with Crippen LogP contribution in [0.15, 0.2) is 0 Å². The number of nitrogens with one attached hydrogen (secondary N) is 3. The van der Waals surface area contributed by atoms with Gasteiger partial charge in [0.05, 0.1) is 5.75 Å². The second-order valence-electron chi connectivity index (χ2n) is 5.35. The fourth-order valence-electron chi connectivity index (χ4n) is 2.63. The van der Waals surface area contributed by atoms with Crippen LogP contribution < -0.4 is 16.0 Å². The third-order valence-corrected chi connectivity index (χ3v) is 5.87. The molecule has 2 aliphatic heterocycles. The largest absolute Gasteiger partial charge is 0.337 e. The Hall–Kier alpha value is -0.820. The Bertz CT molecular complexity index is 404.